The van der Waals surface area contributed by atoms with Crippen molar-refractivity contribution in [3.8, 4) is 0 Å². The fourth-order valence-electron chi connectivity index (χ4n) is 2.67. The number of nitrogens with zero attached hydrogens (tertiary/aromatic N) is 3. The normalized spacial score (nSPS) is 14.6. The maximum atomic E-state index is 13.4. The van der Waals surface area contributed by atoms with E-state index in [0.717, 1.165) is 24.0 Å². The van der Waals surface area contributed by atoms with Crippen LogP contribution in [0, 0.1) is 5.82 Å². The van der Waals surface area contributed by atoms with Crippen molar-refractivity contribution >= 4 is 33.4 Å². The minimum Gasteiger partial charge on any atom is -0.348 e. The van der Waals surface area contributed by atoms with Gasteiger partial charge in [-0.05, 0) is 30.0 Å². The number of amides is 1. The van der Waals surface area contributed by atoms with E-state index in [1.165, 1.54) is 17.4 Å². The van der Waals surface area contributed by atoms with E-state index >= 15 is 0 Å². The van der Waals surface area contributed by atoms with Gasteiger partial charge in [0.2, 0.25) is 5.95 Å². The van der Waals surface area contributed by atoms with Crippen LogP contribution in [0.15, 0.2) is 29.9 Å². The summed E-state index contributed by atoms with van der Waals surface area (Å²) in [6.45, 7) is 7.38. The number of carbonyl (C=O) groups is 1. The maximum absolute atomic E-state index is 13.4. The van der Waals surface area contributed by atoms with E-state index in [4.69, 9.17) is 0 Å². The lowest BCUT2D eigenvalue weighted by Gasteiger charge is -2.27. The van der Waals surface area contributed by atoms with Crippen molar-refractivity contribution in [3.63, 3.8) is 0 Å². The molecule has 1 fully saturated rings. The predicted octanol–water partition coefficient (Wildman–Crippen LogP) is 3.13. The van der Waals surface area contributed by atoms with Crippen LogP contribution in [-0.2, 0) is 0 Å². The molecular weight excluding hydrogens is 379 g/mol. The zero-order chi connectivity index (χ0) is 20.1. The van der Waals surface area contributed by atoms with Gasteiger partial charge in [0.05, 0.1) is 28.5 Å². The monoisotopic (exact) mass is 402 g/mol. The number of carbonyl (C=O) groups excluding carboxylic acids is 1. The van der Waals surface area contributed by atoms with Gasteiger partial charge in [-0.15, -0.1) is 11.3 Å². The van der Waals surface area contributed by atoms with Crippen molar-refractivity contribution in [2.45, 2.75) is 32.9 Å². The van der Waals surface area contributed by atoms with Crippen LogP contribution in [-0.4, -0.2) is 40.0 Å². The highest BCUT2D eigenvalue weighted by Crippen LogP contribution is 2.25. The molecule has 3 aromatic rings. The standard InChI is InChI=1S/C17H17FN6OS.C2H6/c1-9(10-4-11(18)6-19-5-10)21-17-23-13-2-3-26-15(13)14(24-17)16(25)22-12-7-20-8-12;1-2/h2-6,9,12,20H,7-8H2,1H3,(H,22,25)(H,21,23,24);1-2H3. The summed E-state index contributed by atoms with van der Waals surface area (Å²) < 4.78 is 14.1. The van der Waals surface area contributed by atoms with Gasteiger partial charge in [-0.1, -0.05) is 13.8 Å². The van der Waals surface area contributed by atoms with E-state index in [1.54, 1.807) is 6.20 Å². The summed E-state index contributed by atoms with van der Waals surface area (Å²) in [5.41, 5.74) is 1.73. The Morgan fingerprint density at radius 3 is 2.79 bits per heavy atom. The number of pyridine rings is 1. The number of thiophene rings is 1. The number of hydrogen-bond donors (Lipinski definition) is 3. The Balaban J connectivity index is 0.00000109. The first-order chi connectivity index (χ1) is 13.6. The zero-order valence-electron chi connectivity index (χ0n) is 16.0. The van der Waals surface area contributed by atoms with Gasteiger partial charge in [-0.25, -0.2) is 14.4 Å². The fourth-order valence-corrected chi connectivity index (χ4v) is 3.49. The Morgan fingerprint density at radius 1 is 1.32 bits per heavy atom. The van der Waals surface area contributed by atoms with E-state index in [1.807, 2.05) is 32.2 Å². The Kier molecular flexibility index (Phi) is 6.48. The number of rotatable bonds is 5. The Hall–Kier alpha value is -2.65. The number of aromatic nitrogens is 3. The van der Waals surface area contributed by atoms with Crippen LogP contribution in [0.4, 0.5) is 10.3 Å². The molecular formula is C19H23FN6OS. The van der Waals surface area contributed by atoms with Gasteiger partial charge in [-0.2, -0.15) is 0 Å². The molecule has 4 rings (SSSR count). The molecule has 0 saturated carbocycles. The molecule has 0 bridgehead atoms. The average Bonchev–Trinajstić information content (AvgIpc) is 3.14. The molecule has 7 nitrogen and oxygen atoms in total. The molecule has 1 atom stereocenters. The summed E-state index contributed by atoms with van der Waals surface area (Å²) in [7, 11) is 0. The van der Waals surface area contributed by atoms with Gasteiger partial charge < -0.3 is 16.0 Å². The van der Waals surface area contributed by atoms with Crippen LogP contribution < -0.4 is 16.0 Å². The molecule has 1 amide bonds. The molecule has 0 spiro atoms. The van der Waals surface area contributed by atoms with Gasteiger partial charge in [0.25, 0.3) is 5.91 Å². The fraction of sp³-hybridized carbons (Fsp3) is 0.368. The van der Waals surface area contributed by atoms with Gasteiger partial charge in [0.1, 0.15) is 5.82 Å². The van der Waals surface area contributed by atoms with Crippen molar-refractivity contribution in [3.05, 3.63) is 47.0 Å². The van der Waals surface area contributed by atoms with Crippen molar-refractivity contribution in [1.29, 1.82) is 0 Å². The second-order valence-corrected chi connectivity index (χ2v) is 7.08. The summed E-state index contributed by atoms with van der Waals surface area (Å²) in [6, 6.07) is 3.12. The van der Waals surface area contributed by atoms with Crippen LogP contribution in [0.1, 0.15) is 42.9 Å². The molecule has 3 aromatic heterocycles. The number of nitrogens with one attached hydrogen (secondary N) is 3. The smallest absolute Gasteiger partial charge is 0.271 e. The Morgan fingerprint density at radius 2 is 2.11 bits per heavy atom. The van der Waals surface area contributed by atoms with Crippen LogP contribution >= 0.6 is 11.3 Å². The SMILES string of the molecule is CC.CC(Nc1nc(C(=O)NC2CNC2)c2sccc2n1)c1cncc(F)c1. The van der Waals surface area contributed by atoms with Crippen LogP contribution in [0.2, 0.25) is 0 Å². The van der Waals surface area contributed by atoms with Gasteiger partial charge in [0.15, 0.2) is 5.69 Å². The highest BCUT2D eigenvalue weighted by Gasteiger charge is 2.23. The molecule has 0 aliphatic carbocycles. The molecule has 1 saturated heterocycles. The lowest BCUT2D eigenvalue weighted by atomic mass is 10.1. The molecule has 0 radical (unpaired) electrons. The van der Waals surface area contributed by atoms with Gasteiger partial charge in [0, 0.05) is 19.3 Å². The quantitative estimate of drug-likeness (QED) is 0.607. The molecule has 148 valence electrons. The lowest BCUT2D eigenvalue weighted by molar-refractivity contribution is 0.0921. The number of halogens is 1. The minimum atomic E-state index is -0.403. The molecule has 1 aliphatic heterocycles. The van der Waals surface area contributed by atoms with Crippen LogP contribution in [0.5, 0.6) is 0 Å². The third kappa shape index (κ3) is 4.42. The van der Waals surface area contributed by atoms with Gasteiger partial charge >= 0.3 is 0 Å². The lowest BCUT2D eigenvalue weighted by Crippen LogP contribution is -2.57. The van der Waals surface area contributed by atoms with Crippen molar-refractivity contribution in [2.24, 2.45) is 0 Å². The van der Waals surface area contributed by atoms with Crippen molar-refractivity contribution in [2.75, 3.05) is 18.4 Å². The number of anilines is 1. The third-order valence-electron chi connectivity index (χ3n) is 4.21. The molecule has 1 unspecified atom stereocenters. The second-order valence-electron chi connectivity index (χ2n) is 6.16. The van der Waals surface area contributed by atoms with E-state index in [-0.39, 0.29) is 18.0 Å². The molecule has 0 aromatic carbocycles. The maximum Gasteiger partial charge on any atom is 0.271 e. The largest absolute Gasteiger partial charge is 0.348 e. The minimum absolute atomic E-state index is 0.126. The summed E-state index contributed by atoms with van der Waals surface area (Å²) in [6.07, 6.45) is 2.74. The van der Waals surface area contributed by atoms with Crippen LogP contribution in [0.3, 0.4) is 0 Å². The predicted molar refractivity (Wildman–Crippen MR) is 109 cm³/mol. The second kappa shape index (κ2) is 9.03. The highest BCUT2D eigenvalue weighted by molar-refractivity contribution is 7.17. The third-order valence-corrected chi connectivity index (χ3v) is 5.12. The number of fused-ring (bicyclic) bond motifs is 1. The summed E-state index contributed by atoms with van der Waals surface area (Å²) >= 11 is 1.43. The Bertz CT molecular complexity index is 959. The average molecular weight is 402 g/mol. The first kappa shape index (κ1) is 20.1. The van der Waals surface area contributed by atoms with Crippen molar-refractivity contribution in [1.82, 2.24) is 25.6 Å². The highest BCUT2D eigenvalue weighted by atomic mass is 32.1. The van der Waals surface area contributed by atoms with E-state index in [2.05, 4.69) is 30.9 Å². The van der Waals surface area contributed by atoms with E-state index in [0.29, 0.717) is 22.7 Å². The number of hydrogen-bond acceptors (Lipinski definition) is 7. The van der Waals surface area contributed by atoms with Crippen LogP contribution in [0.25, 0.3) is 10.2 Å². The summed E-state index contributed by atoms with van der Waals surface area (Å²) in [5.74, 6) is -0.293. The van der Waals surface area contributed by atoms with E-state index < -0.39 is 5.82 Å². The molecule has 3 N–H and O–H groups in total. The van der Waals surface area contributed by atoms with Crippen molar-refractivity contribution < 1.29 is 9.18 Å². The first-order valence-corrected chi connectivity index (χ1v) is 10.1. The molecule has 1 aliphatic rings. The molecule has 4 heterocycles. The van der Waals surface area contributed by atoms with E-state index in [9.17, 15) is 9.18 Å². The Labute approximate surface area is 166 Å². The zero-order valence-corrected chi connectivity index (χ0v) is 16.8. The molecule has 28 heavy (non-hydrogen) atoms. The summed E-state index contributed by atoms with van der Waals surface area (Å²) in [4.78, 5) is 25.3. The first-order valence-electron chi connectivity index (χ1n) is 9.24. The topological polar surface area (TPSA) is 91.8 Å². The van der Waals surface area contributed by atoms with Gasteiger partial charge in [-0.3, -0.25) is 9.78 Å². The summed E-state index contributed by atoms with van der Waals surface area (Å²) in [5, 5.41) is 11.1. The molecule has 9 heteroatoms.